The highest BCUT2D eigenvalue weighted by Crippen LogP contribution is 2.22. The highest BCUT2D eigenvalue weighted by molar-refractivity contribution is 7.90. The van der Waals surface area contributed by atoms with Crippen LogP contribution < -0.4 is 15.4 Å². The van der Waals surface area contributed by atoms with Crippen molar-refractivity contribution in [3.8, 4) is 0 Å². The minimum absolute atomic E-state index is 0.158. The monoisotopic (exact) mass is 470 g/mol. The summed E-state index contributed by atoms with van der Waals surface area (Å²) in [5.74, 6) is -0.0232. The molecule has 33 heavy (non-hydrogen) atoms. The normalized spacial score (nSPS) is 15.5. The topological polar surface area (TPSA) is 117 Å². The Morgan fingerprint density at radius 3 is 2.42 bits per heavy atom. The second kappa shape index (κ2) is 10.2. The smallest absolute Gasteiger partial charge is 0.263 e. The van der Waals surface area contributed by atoms with Crippen molar-refractivity contribution in [2.24, 2.45) is 4.99 Å². The van der Waals surface area contributed by atoms with Crippen LogP contribution in [0.2, 0.25) is 0 Å². The molecule has 0 saturated carbocycles. The Morgan fingerprint density at radius 1 is 0.970 bits per heavy atom. The molecule has 2 aromatic rings. The number of hydrogen-bond donors (Lipinski definition) is 3. The van der Waals surface area contributed by atoms with E-state index in [0.29, 0.717) is 42.0 Å². The van der Waals surface area contributed by atoms with Crippen LogP contribution in [0.4, 0.5) is 5.69 Å². The number of aliphatic imine (C=N–C) groups is 1. The van der Waals surface area contributed by atoms with Gasteiger partial charge in [-0.15, -0.1) is 0 Å². The molecule has 0 aliphatic carbocycles. The SMILES string of the molecule is CC(C)(C)NC(=O)c1ccccc1NC(=O)CCCCCN=C1NS(=O)(=O)c2ccccc21. The lowest BCUT2D eigenvalue weighted by Crippen LogP contribution is -2.40. The first-order valence-corrected chi connectivity index (χ1v) is 12.4. The number of rotatable bonds is 8. The lowest BCUT2D eigenvalue weighted by molar-refractivity contribution is -0.116. The van der Waals surface area contributed by atoms with Gasteiger partial charge in [0, 0.05) is 24.1 Å². The summed E-state index contributed by atoms with van der Waals surface area (Å²) in [6.07, 6.45) is 2.48. The fourth-order valence-corrected chi connectivity index (χ4v) is 4.68. The number of nitrogens with one attached hydrogen (secondary N) is 3. The zero-order valence-corrected chi connectivity index (χ0v) is 20.0. The third kappa shape index (κ3) is 6.64. The van der Waals surface area contributed by atoms with Crippen LogP contribution in [-0.2, 0) is 14.8 Å². The minimum atomic E-state index is -3.53. The van der Waals surface area contributed by atoms with Gasteiger partial charge in [0.15, 0.2) is 0 Å². The summed E-state index contributed by atoms with van der Waals surface area (Å²) in [5, 5.41) is 5.73. The Kier molecular flexibility index (Phi) is 7.53. The molecule has 0 aromatic heterocycles. The maximum Gasteiger partial charge on any atom is 0.263 e. The summed E-state index contributed by atoms with van der Waals surface area (Å²) in [4.78, 5) is 29.5. The molecule has 1 aliphatic heterocycles. The fraction of sp³-hybridized carbons (Fsp3) is 0.375. The van der Waals surface area contributed by atoms with E-state index in [0.717, 1.165) is 12.8 Å². The summed E-state index contributed by atoms with van der Waals surface area (Å²) >= 11 is 0. The summed E-state index contributed by atoms with van der Waals surface area (Å²) in [7, 11) is -3.53. The molecule has 8 nitrogen and oxygen atoms in total. The van der Waals surface area contributed by atoms with Crippen molar-refractivity contribution >= 4 is 33.4 Å². The van der Waals surface area contributed by atoms with Gasteiger partial charge >= 0.3 is 0 Å². The largest absolute Gasteiger partial charge is 0.347 e. The summed E-state index contributed by atoms with van der Waals surface area (Å²) in [5.41, 5.74) is 1.13. The Morgan fingerprint density at radius 2 is 1.67 bits per heavy atom. The summed E-state index contributed by atoms with van der Waals surface area (Å²) in [6.45, 7) is 6.16. The van der Waals surface area contributed by atoms with Gasteiger partial charge in [-0.05, 0) is 57.9 Å². The number of fused-ring (bicyclic) bond motifs is 1. The Hall–Kier alpha value is -3.20. The van der Waals surface area contributed by atoms with Crippen LogP contribution in [0.3, 0.4) is 0 Å². The molecule has 2 aromatic carbocycles. The molecule has 1 heterocycles. The van der Waals surface area contributed by atoms with Gasteiger partial charge in [-0.25, -0.2) is 8.42 Å². The average Bonchev–Trinajstić information content (AvgIpc) is 3.00. The molecule has 9 heteroatoms. The number of amides is 2. The van der Waals surface area contributed by atoms with Crippen molar-refractivity contribution in [3.63, 3.8) is 0 Å². The van der Waals surface area contributed by atoms with Gasteiger partial charge in [0.05, 0.1) is 16.1 Å². The van der Waals surface area contributed by atoms with E-state index in [-0.39, 0.29) is 22.2 Å². The van der Waals surface area contributed by atoms with E-state index in [2.05, 4.69) is 20.3 Å². The molecule has 0 unspecified atom stereocenters. The molecule has 0 radical (unpaired) electrons. The van der Waals surface area contributed by atoms with Crippen LogP contribution in [0.5, 0.6) is 0 Å². The quantitative estimate of drug-likeness (QED) is 0.512. The van der Waals surface area contributed by atoms with Crippen molar-refractivity contribution in [1.29, 1.82) is 0 Å². The Balaban J connectivity index is 1.45. The van der Waals surface area contributed by atoms with Crippen molar-refractivity contribution in [2.75, 3.05) is 11.9 Å². The number of amidine groups is 1. The molecule has 0 bridgehead atoms. The van der Waals surface area contributed by atoms with Gasteiger partial charge < -0.3 is 10.6 Å². The maximum atomic E-state index is 12.5. The van der Waals surface area contributed by atoms with E-state index in [4.69, 9.17) is 0 Å². The second-order valence-electron chi connectivity index (χ2n) is 8.94. The second-order valence-corrected chi connectivity index (χ2v) is 10.6. The van der Waals surface area contributed by atoms with Crippen LogP contribution in [0.25, 0.3) is 0 Å². The number of para-hydroxylation sites is 1. The van der Waals surface area contributed by atoms with Gasteiger partial charge in [0.2, 0.25) is 5.91 Å². The number of anilines is 1. The number of carbonyl (C=O) groups is 2. The molecule has 1 aliphatic rings. The van der Waals surface area contributed by atoms with Crippen molar-refractivity contribution in [2.45, 2.75) is 56.9 Å². The average molecular weight is 471 g/mol. The van der Waals surface area contributed by atoms with E-state index in [1.54, 1.807) is 48.5 Å². The van der Waals surface area contributed by atoms with E-state index in [1.807, 2.05) is 20.8 Å². The predicted molar refractivity (Wildman–Crippen MR) is 129 cm³/mol. The van der Waals surface area contributed by atoms with Crippen LogP contribution in [0, 0.1) is 0 Å². The third-order valence-electron chi connectivity index (χ3n) is 4.93. The number of unbranched alkanes of at least 4 members (excludes halogenated alkanes) is 2. The van der Waals surface area contributed by atoms with Crippen LogP contribution in [-0.4, -0.2) is 38.2 Å². The first-order valence-electron chi connectivity index (χ1n) is 10.9. The van der Waals surface area contributed by atoms with Crippen molar-refractivity contribution < 1.29 is 18.0 Å². The molecular formula is C24H30N4O4S. The van der Waals surface area contributed by atoms with E-state index >= 15 is 0 Å². The highest BCUT2D eigenvalue weighted by Gasteiger charge is 2.29. The molecule has 3 rings (SSSR count). The minimum Gasteiger partial charge on any atom is -0.347 e. The zero-order chi connectivity index (χ0) is 24.1. The molecule has 0 atom stereocenters. The number of sulfonamides is 1. The first-order chi connectivity index (χ1) is 15.6. The molecule has 0 saturated heterocycles. The number of nitrogens with zero attached hydrogens (tertiary/aromatic N) is 1. The van der Waals surface area contributed by atoms with Gasteiger partial charge in [0.1, 0.15) is 5.84 Å². The molecular weight excluding hydrogens is 440 g/mol. The highest BCUT2D eigenvalue weighted by atomic mass is 32.2. The number of carbonyl (C=O) groups excluding carboxylic acids is 2. The lowest BCUT2D eigenvalue weighted by Gasteiger charge is -2.21. The van der Waals surface area contributed by atoms with Gasteiger partial charge in [-0.1, -0.05) is 30.7 Å². The van der Waals surface area contributed by atoms with Crippen molar-refractivity contribution in [1.82, 2.24) is 10.0 Å². The summed E-state index contributed by atoms with van der Waals surface area (Å²) in [6, 6.07) is 13.7. The Bertz CT molecular complexity index is 1170. The van der Waals surface area contributed by atoms with Crippen LogP contribution >= 0.6 is 0 Å². The zero-order valence-electron chi connectivity index (χ0n) is 19.1. The van der Waals surface area contributed by atoms with Gasteiger partial charge in [-0.3, -0.25) is 19.3 Å². The number of hydrogen-bond acceptors (Lipinski definition) is 5. The fourth-order valence-electron chi connectivity index (χ4n) is 3.43. The van der Waals surface area contributed by atoms with Crippen molar-refractivity contribution in [3.05, 3.63) is 59.7 Å². The number of benzene rings is 2. The molecule has 2 amide bonds. The van der Waals surface area contributed by atoms with E-state index < -0.39 is 10.0 Å². The van der Waals surface area contributed by atoms with E-state index in [1.165, 1.54) is 0 Å². The van der Waals surface area contributed by atoms with Crippen LogP contribution in [0.15, 0.2) is 58.4 Å². The predicted octanol–water partition coefficient (Wildman–Crippen LogP) is 3.45. The van der Waals surface area contributed by atoms with Gasteiger partial charge in [0.25, 0.3) is 15.9 Å². The van der Waals surface area contributed by atoms with E-state index in [9.17, 15) is 18.0 Å². The standard InChI is InChI=1S/C24H30N4O4S/c1-24(2,3)27-23(30)17-11-6-8-13-19(17)26-21(29)15-5-4-10-16-25-22-18-12-7-9-14-20(18)33(31,32)28-22/h6-9,11-14H,4-5,10,15-16H2,1-3H3,(H,25,28)(H,26,29)(H,27,30). The molecule has 176 valence electrons. The molecule has 0 fully saturated rings. The van der Waals surface area contributed by atoms with Gasteiger partial charge in [-0.2, -0.15) is 0 Å². The van der Waals surface area contributed by atoms with Crippen LogP contribution in [0.1, 0.15) is 62.4 Å². The maximum absolute atomic E-state index is 12.5. The first kappa shape index (κ1) is 24.4. The third-order valence-corrected chi connectivity index (χ3v) is 6.33. The molecule has 0 spiro atoms. The summed E-state index contributed by atoms with van der Waals surface area (Å²) < 4.78 is 26.7. The Labute approximate surface area is 194 Å². The molecule has 3 N–H and O–H groups in total. The lowest BCUT2D eigenvalue weighted by atomic mass is 10.1.